The van der Waals surface area contributed by atoms with E-state index >= 15 is 0 Å². The number of benzene rings is 1. The van der Waals surface area contributed by atoms with E-state index in [0.717, 1.165) is 0 Å². The van der Waals surface area contributed by atoms with Crippen molar-refractivity contribution in [3.63, 3.8) is 0 Å². The lowest BCUT2D eigenvalue weighted by atomic mass is 10.2. The van der Waals surface area contributed by atoms with E-state index in [1.54, 1.807) is 18.2 Å². The van der Waals surface area contributed by atoms with Gasteiger partial charge in [-0.15, -0.1) is 0 Å². The van der Waals surface area contributed by atoms with E-state index in [2.05, 4.69) is 15.0 Å². The lowest BCUT2D eigenvalue weighted by Gasteiger charge is -2.06. The second kappa shape index (κ2) is 6.01. The zero-order valence-electron chi connectivity index (χ0n) is 11.5. The minimum Gasteiger partial charge on any atom is -0.478 e. The van der Waals surface area contributed by atoms with E-state index in [9.17, 15) is 14.9 Å². The minimum atomic E-state index is -0.647. The molecule has 9 heteroatoms. The van der Waals surface area contributed by atoms with Crippen LogP contribution in [0, 0.1) is 10.1 Å². The summed E-state index contributed by atoms with van der Waals surface area (Å²) in [5.74, 6) is -0.187. The van der Waals surface area contributed by atoms with E-state index in [0.29, 0.717) is 15.9 Å². The van der Waals surface area contributed by atoms with Crippen LogP contribution in [0.3, 0.4) is 0 Å². The topological polar surface area (TPSA) is 111 Å². The van der Waals surface area contributed by atoms with E-state index in [-0.39, 0.29) is 23.7 Å². The van der Waals surface area contributed by atoms with E-state index in [1.165, 1.54) is 18.3 Å². The molecule has 0 amide bonds. The van der Waals surface area contributed by atoms with Crippen molar-refractivity contribution in [3.05, 3.63) is 67.8 Å². The quantitative estimate of drug-likeness (QED) is 0.580. The van der Waals surface area contributed by atoms with Crippen LogP contribution in [0.15, 0.2) is 41.3 Å². The van der Waals surface area contributed by atoms with Gasteiger partial charge < -0.3 is 19.8 Å². The molecule has 2 aromatic heterocycles. The highest BCUT2D eigenvalue weighted by atomic mass is 35.5. The maximum absolute atomic E-state index is 12.0. The Morgan fingerprint density at radius 1 is 1.35 bits per heavy atom. The molecule has 0 spiro atoms. The van der Waals surface area contributed by atoms with Gasteiger partial charge in [0.25, 0.3) is 5.56 Å². The number of nitro groups is 1. The van der Waals surface area contributed by atoms with Crippen LogP contribution in [-0.2, 0) is 6.61 Å². The summed E-state index contributed by atoms with van der Waals surface area (Å²) < 4.78 is 5.35. The van der Waals surface area contributed by atoms with E-state index in [1.807, 2.05) is 0 Å². The number of hydrogen-bond acceptors (Lipinski definition) is 6. The Kier molecular flexibility index (Phi) is 3.90. The second-order valence-electron chi connectivity index (χ2n) is 4.55. The lowest BCUT2D eigenvalue weighted by Crippen LogP contribution is -2.14. The Balaban J connectivity index is 1.91. The highest BCUT2D eigenvalue weighted by Gasteiger charge is 2.16. The first-order chi connectivity index (χ1) is 11.0. The van der Waals surface area contributed by atoms with Crippen LogP contribution in [0.25, 0.3) is 10.9 Å². The Labute approximate surface area is 133 Å². The van der Waals surface area contributed by atoms with Gasteiger partial charge in [0, 0.05) is 5.02 Å². The second-order valence-corrected chi connectivity index (χ2v) is 4.98. The van der Waals surface area contributed by atoms with Gasteiger partial charge in [-0.2, -0.15) is 0 Å². The molecule has 23 heavy (non-hydrogen) atoms. The van der Waals surface area contributed by atoms with Gasteiger partial charge in [0.2, 0.25) is 5.75 Å². The first-order valence-electron chi connectivity index (χ1n) is 6.45. The van der Waals surface area contributed by atoms with Gasteiger partial charge >= 0.3 is 5.82 Å². The Bertz CT molecular complexity index is 957. The number of halogens is 1. The summed E-state index contributed by atoms with van der Waals surface area (Å²) in [6.07, 6.45) is 1.29. The molecule has 0 radical (unpaired) electrons. The molecule has 3 rings (SSSR count). The van der Waals surface area contributed by atoms with Crippen LogP contribution in [-0.4, -0.2) is 19.9 Å². The van der Waals surface area contributed by atoms with Gasteiger partial charge in [0.15, 0.2) is 0 Å². The van der Waals surface area contributed by atoms with Crippen molar-refractivity contribution in [1.29, 1.82) is 0 Å². The third kappa shape index (κ3) is 3.11. The van der Waals surface area contributed by atoms with Crippen LogP contribution < -0.4 is 10.3 Å². The highest BCUT2D eigenvalue weighted by Crippen LogP contribution is 2.23. The molecule has 0 unspecified atom stereocenters. The fourth-order valence-corrected chi connectivity index (χ4v) is 2.17. The molecule has 0 aliphatic rings. The van der Waals surface area contributed by atoms with Crippen LogP contribution >= 0.6 is 11.6 Å². The number of fused-ring (bicyclic) bond motifs is 1. The van der Waals surface area contributed by atoms with Crippen molar-refractivity contribution in [2.45, 2.75) is 6.61 Å². The molecule has 2 heterocycles. The molecule has 0 bridgehead atoms. The standard InChI is InChI=1S/C14H9ClN4O4/c15-8-3-4-9-10(6-8)17-12(18-14(9)20)7-23-11-2-1-5-16-13(11)19(21)22/h1-6H,7H2,(H,17,18,20). The summed E-state index contributed by atoms with van der Waals surface area (Å²) in [5, 5.41) is 11.7. The summed E-state index contributed by atoms with van der Waals surface area (Å²) in [6.45, 7) is -0.149. The summed E-state index contributed by atoms with van der Waals surface area (Å²) >= 11 is 5.89. The molecule has 1 N–H and O–H groups in total. The number of pyridine rings is 1. The molecule has 0 saturated heterocycles. The third-order valence-corrected chi connectivity index (χ3v) is 3.24. The molecule has 8 nitrogen and oxygen atoms in total. The maximum atomic E-state index is 12.0. The van der Waals surface area contributed by atoms with Crippen molar-refractivity contribution in [2.24, 2.45) is 0 Å². The van der Waals surface area contributed by atoms with Gasteiger partial charge in [0.1, 0.15) is 18.6 Å². The third-order valence-electron chi connectivity index (χ3n) is 3.01. The van der Waals surface area contributed by atoms with Gasteiger partial charge in [0.05, 0.1) is 10.9 Å². The lowest BCUT2D eigenvalue weighted by molar-refractivity contribution is -0.390. The monoisotopic (exact) mass is 332 g/mol. The molecule has 116 valence electrons. The van der Waals surface area contributed by atoms with Gasteiger partial charge in [-0.25, -0.2) is 4.98 Å². The average Bonchev–Trinajstić information content (AvgIpc) is 2.52. The fourth-order valence-electron chi connectivity index (χ4n) is 2.01. The molecular formula is C14H9ClN4O4. The normalized spacial score (nSPS) is 10.7. The van der Waals surface area contributed by atoms with Crippen molar-refractivity contribution in [3.8, 4) is 5.75 Å². The molecule has 0 saturated carbocycles. The SMILES string of the molecule is O=c1[nH]c(COc2cccnc2[N+](=O)[O-])nc2cc(Cl)ccc12. The summed E-state index contributed by atoms with van der Waals surface area (Å²) in [6, 6.07) is 7.65. The predicted molar refractivity (Wildman–Crippen MR) is 82.6 cm³/mol. The summed E-state index contributed by atoms with van der Waals surface area (Å²) in [4.78, 5) is 32.6. The van der Waals surface area contributed by atoms with Crippen molar-refractivity contribution in [2.75, 3.05) is 0 Å². The average molecular weight is 333 g/mol. The fraction of sp³-hybridized carbons (Fsp3) is 0.0714. The number of rotatable bonds is 4. The molecular weight excluding hydrogens is 324 g/mol. The molecule has 0 aliphatic heterocycles. The summed E-state index contributed by atoms with van der Waals surface area (Å²) in [5.41, 5.74) is 0.0755. The van der Waals surface area contributed by atoms with E-state index < -0.39 is 10.7 Å². The van der Waals surface area contributed by atoms with Gasteiger partial charge in [-0.05, 0) is 40.2 Å². The predicted octanol–water partition coefficient (Wildman–Crippen LogP) is 2.46. The van der Waals surface area contributed by atoms with Gasteiger partial charge in [-0.3, -0.25) is 4.79 Å². The van der Waals surface area contributed by atoms with E-state index in [4.69, 9.17) is 16.3 Å². The number of nitrogens with zero attached hydrogens (tertiary/aromatic N) is 3. The Morgan fingerprint density at radius 2 is 2.17 bits per heavy atom. The smallest absolute Gasteiger partial charge is 0.406 e. The first-order valence-corrected chi connectivity index (χ1v) is 6.83. The van der Waals surface area contributed by atoms with Crippen LogP contribution in [0.2, 0.25) is 5.02 Å². The number of H-pyrrole nitrogens is 1. The Hall–Kier alpha value is -3.00. The number of ether oxygens (including phenoxy) is 1. The number of nitrogens with one attached hydrogen (secondary N) is 1. The van der Waals surface area contributed by atoms with Crippen LogP contribution in [0.5, 0.6) is 5.75 Å². The highest BCUT2D eigenvalue weighted by molar-refractivity contribution is 6.31. The molecule has 0 atom stereocenters. The number of aromatic amines is 1. The van der Waals surface area contributed by atoms with Crippen LogP contribution in [0.4, 0.5) is 5.82 Å². The Morgan fingerprint density at radius 3 is 2.96 bits per heavy atom. The maximum Gasteiger partial charge on any atom is 0.406 e. The largest absolute Gasteiger partial charge is 0.478 e. The van der Waals surface area contributed by atoms with Crippen molar-refractivity contribution in [1.82, 2.24) is 15.0 Å². The van der Waals surface area contributed by atoms with Crippen molar-refractivity contribution < 1.29 is 9.66 Å². The zero-order chi connectivity index (χ0) is 16.4. The van der Waals surface area contributed by atoms with Gasteiger partial charge in [-0.1, -0.05) is 11.6 Å². The molecule has 1 aromatic carbocycles. The molecule has 0 fully saturated rings. The molecule has 0 aliphatic carbocycles. The molecule has 3 aromatic rings. The van der Waals surface area contributed by atoms with Crippen molar-refractivity contribution >= 4 is 28.3 Å². The summed E-state index contributed by atoms with van der Waals surface area (Å²) in [7, 11) is 0. The zero-order valence-corrected chi connectivity index (χ0v) is 12.3. The minimum absolute atomic E-state index is 0.00802. The van der Waals surface area contributed by atoms with Crippen LogP contribution in [0.1, 0.15) is 5.82 Å². The number of hydrogen-bond donors (Lipinski definition) is 1. The number of aromatic nitrogens is 3. The first kappa shape index (κ1) is 14.9.